The van der Waals surface area contributed by atoms with Gasteiger partial charge >= 0.3 is 5.97 Å². The number of carbonyl (C=O) groups is 2. The molecule has 0 bridgehead atoms. The fraction of sp³-hybridized carbons (Fsp3) is 0.636. The second kappa shape index (κ2) is 12.7. The Morgan fingerprint density at radius 2 is 1.74 bits per heavy atom. The number of ether oxygens (including phenoxy) is 2. The van der Waals surface area contributed by atoms with Gasteiger partial charge in [-0.3, -0.25) is 4.79 Å². The van der Waals surface area contributed by atoms with E-state index >= 15 is 0 Å². The number of sulfonamides is 1. The van der Waals surface area contributed by atoms with E-state index in [0.29, 0.717) is 5.92 Å². The van der Waals surface area contributed by atoms with Crippen LogP contribution in [0, 0.1) is 5.92 Å². The van der Waals surface area contributed by atoms with Crippen molar-refractivity contribution in [2.45, 2.75) is 64.8 Å². The maximum Gasteiger partial charge on any atom is 0.338 e. The van der Waals surface area contributed by atoms with E-state index in [9.17, 15) is 18.0 Å². The number of esters is 1. The van der Waals surface area contributed by atoms with Crippen LogP contribution < -0.4 is 10.1 Å². The van der Waals surface area contributed by atoms with E-state index in [1.807, 2.05) is 6.92 Å². The standard InChI is InChI=1S/C22H36N2O6S/c1-7-24(8-2)31(27,28)20-14-18(12-13-19(20)29-6)22(26)30-15-21(25)23-17(5)11-9-10-16(3)4/h12-14,16-17H,7-11,15H2,1-6H3,(H,23,25). The van der Waals surface area contributed by atoms with E-state index in [2.05, 4.69) is 19.2 Å². The van der Waals surface area contributed by atoms with Gasteiger partial charge in [0.05, 0.1) is 12.7 Å². The molecular formula is C22H36N2O6S. The largest absolute Gasteiger partial charge is 0.495 e. The molecule has 0 aliphatic heterocycles. The smallest absolute Gasteiger partial charge is 0.338 e. The summed E-state index contributed by atoms with van der Waals surface area (Å²) in [6.45, 7) is 9.81. The number of hydrogen-bond acceptors (Lipinski definition) is 6. The Hall–Kier alpha value is -2.13. The molecule has 1 aromatic rings. The van der Waals surface area contributed by atoms with Gasteiger partial charge in [-0.2, -0.15) is 4.31 Å². The van der Waals surface area contributed by atoms with Crippen LogP contribution in [-0.4, -0.2) is 57.4 Å². The van der Waals surface area contributed by atoms with Crippen molar-refractivity contribution in [2.24, 2.45) is 5.92 Å². The van der Waals surface area contributed by atoms with Gasteiger partial charge in [0, 0.05) is 19.1 Å². The molecule has 1 N–H and O–H groups in total. The average Bonchev–Trinajstić information content (AvgIpc) is 2.71. The van der Waals surface area contributed by atoms with Crippen LogP contribution in [-0.2, 0) is 19.6 Å². The minimum Gasteiger partial charge on any atom is -0.495 e. The van der Waals surface area contributed by atoms with E-state index in [4.69, 9.17) is 9.47 Å². The van der Waals surface area contributed by atoms with Gasteiger partial charge in [0.25, 0.3) is 5.91 Å². The van der Waals surface area contributed by atoms with Crippen LogP contribution in [0.15, 0.2) is 23.1 Å². The van der Waals surface area contributed by atoms with Crippen molar-refractivity contribution in [1.82, 2.24) is 9.62 Å². The summed E-state index contributed by atoms with van der Waals surface area (Å²) >= 11 is 0. The molecule has 0 radical (unpaired) electrons. The topological polar surface area (TPSA) is 102 Å². The number of carbonyl (C=O) groups excluding carboxylic acids is 2. The monoisotopic (exact) mass is 456 g/mol. The first-order chi connectivity index (χ1) is 14.6. The van der Waals surface area contributed by atoms with Gasteiger partial charge < -0.3 is 14.8 Å². The highest BCUT2D eigenvalue weighted by molar-refractivity contribution is 7.89. The lowest BCUT2D eigenvalue weighted by Gasteiger charge is -2.20. The predicted octanol–water partition coefficient (Wildman–Crippen LogP) is 3.21. The highest BCUT2D eigenvalue weighted by atomic mass is 32.2. The zero-order valence-corrected chi connectivity index (χ0v) is 20.3. The highest BCUT2D eigenvalue weighted by Crippen LogP contribution is 2.28. The second-order valence-electron chi connectivity index (χ2n) is 7.82. The fourth-order valence-corrected chi connectivity index (χ4v) is 4.78. The molecule has 8 nitrogen and oxygen atoms in total. The molecular weight excluding hydrogens is 420 g/mol. The normalized spacial score (nSPS) is 12.6. The Labute approximate surface area is 186 Å². The molecule has 0 fully saturated rings. The van der Waals surface area contributed by atoms with E-state index < -0.39 is 28.5 Å². The fourth-order valence-electron chi connectivity index (χ4n) is 3.14. The lowest BCUT2D eigenvalue weighted by molar-refractivity contribution is -0.124. The maximum absolute atomic E-state index is 12.9. The Kier molecular flexibility index (Phi) is 11.0. The number of rotatable bonds is 13. The van der Waals surface area contributed by atoms with Gasteiger partial charge in [0.15, 0.2) is 6.61 Å². The van der Waals surface area contributed by atoms with Crippen LogP contribution in [0.25, 0.3) is 0 Å². The molecule has 1 aromatic carbocycles. The Bertz CT molecular complexity index is 834. The van der Waals surface area contributed by atoms with Gasteiger partial charge in [0.2, 0.25) is 10.0 Å². The van der Waals surface area contributed by atoms with Gasteiger partial charge in [-0.25, -0.2) is 13.2 Å². The van der Waals surface area contributed by atoms with Gasteiger partial charge in [-0.1, -0.05) is 40.5 Å². The number of methoxy groups -OCH3 is 1. The van der Waals surface area contributed by atoms with E-state index in [0.717, 1.165) is 19.3 Å². The number of benzene rings is 1. The predicted molar refractivity (Wildman–Crippen MR) is 120 cm³/mol. The summed E-state index contributed by atoms with van der Waals surface area (Å²) < 4.78 is 37.3. The summed E-state index contributed by atoms with van der Waals surface area (Å²) in [5, 5.41) is 2.81. The van der Waals surface area contributed by atoms with Crippen LogP contribution in [0.3, 0.4) is 0 Å². The first-order valence-corrected chi connectivity index (χ1v) is 12.1. The van der Waals surface area contributed by atoms with Gasteiger partial charge in [0.1, 0.15) is 10.6 Å². The number of hydrogen-bond donors (Lipinski definition) is 1. The average molecular weight is 457 g/mol. The third kappa shape index (κ3) is 8.14. The van der Waals surface area contributed by atoms with Crippen LogP contribution in [0.1, 0.15) is 64.2 Å². The van der Waals surface area contributed by atoms with Crippen molar-refractivity contribution in [3.8, 4) is 5.75 Å². The summed E-state index contributed by atoms with van der Waals surface area (Å²) in [6, 6.07) is 4.02. The van der Waals surface area contributed by atoms with Crippen molar-refractivity contribution in [2.75, 3.05) is 26.8 Å². The van der Waals surface area contributed by atoms with E-state index in [1.54, 1.807) is 13.8 Å². The summed E-state index contributed by atoms with van der Waals surface area (Å²) in [4.78, 5) is 24.4. The lowest BCUT2D eigenvalue weighted by Crippen LogP contribution is -2.35. The summed E-state index contributed by atoms with van der Waals surface area (Å²) in [5.41, 5.74) is 0.0318. The summed E-state index contributed by atoms with van der Waals surface area (Å²) in [6.07, 6.45) is 2.95. The van der Waals surface area contributed by atoms with E-state index in [-0.39, 0.29) is 35.3 Å². The molecule has 1 atom stereocenters. The van der Waals surface area contributed by atoms with Crippen molar-refractivity contribution in [3.05, 3.63) is 23.8 Å². The highest BCUT2D eigenvalue weighted by Gasteiger charge is 2.27. The molecule has 0 aromatic heterocycles. The van der Waals surface area contributed by atoms with Crippen LogP contribution in [0.4, 0.5) is 0 Å². The first kappa shape index (κ1) is 26.9. The lowest BCUT2D eigenvalue weighted by atomic mass is 10.0. The molecule has 0 heterocycles. The summed E-state index contributed by atoms with van der Waals surface area (Å²) in [7, 11) is -2.48. The van der Waals surface area contributed by atoms with Crippen LogP contribution in [0.2, 0.25) is 0 Å². The van der Waals surface area contributed by atoms with Gasteiger partial charge in [-0.05, 0) is 37.5 Å². The zero-order valence-electron chi connectivity index (χ0n) is 19.4. The van der Waals surface area contributed by atoms with Crippen molar-refractivity contribution < 1.29 is 27.5 Å². The molecule has 1 rings (SSSR count). The number of nitrogens with one attached hydrogen (secondary N) is 1. The Balaban J connectivity index is 2.81. The minimum absolute atomic E-state index is 0.0169. The molecule has 31 heavy (non-hydrogen) atoms. The summed E-state index contributed by atoms with van der Waals surface area (Å²) in [5.74, 6) is -0.420. The first-order valence-electron chi connectivity index (χ1n) is 10.7. The molecule has 0 aliphatic rings. The Morgan fingerprint density at radius 1 is 1.10 bits per heavy atom. The number of amides is 1. The molecule has 0 saturated carbocycles. The van der Waals surface area contributed by atoms with E-state index in [1.165, 1.54) is 29.6 Å². The third-order valence-corrected chi connectivity index (χ3v) is 6.95. The molecule has 9 heteroatoms. The van der Waals surface area contributed by atoms with Crippen LogP contribution in [0.5, 0.6) is 5.75 Å². The molecule has 1 unspecified atom stereocenters. The Morgan fingerprint density at radius 3 is 2.29 bits per heavy atom. The van der Waals surface area contributed by atoms with Gasteiger partial charge in [-0.15, -0.1) is 0 Å². The third-order valence-electron chi connectivity index (χ3n) is 4.88. The molecule has 1 amide bonds. The number of nitrogens with zero attached hydrogens (tertiary/aromatic N) is 1. The van der Waals surface area contributed by atoms with Crippen molar-refractivity contribution in [3.63, 3.8) is 0 Å². The molecule has 176 valence electrons. The maximum atomic E-state index is 12.9. The molecule has 0 spiro atoms. The molecule has 0 saturated heterocycles. The van der Waals surface area contributed by atoms with Crippen molar-refractivity contribution in [1.29, 1.82) is 0 Å². The second-order valence-corrected chi connectivity index (χ2v) is 9.73. The molecule has 0 aliphatic carbocycles. The quantitative estimate of drug-likeness (QED) is 0.457. The zero-order chi connectivity index (χ0) is 23.6. The van der Waals surface area contributed by atoms with Crippen LogP contribution >= 0.6 is 0 Å². The minimum atomic E-state index is -3.84. The van der Waals surface area contributed by atoms with Crippen molar-refractivity contribution >= 4 is 21.9 Å². The SMILES string of the molecule is CCN(CC)S(=O)(=O)c1cc(C(=O)OCC(=O)NC(C)CCCC(C)C)ccc1OC.